The minimum absolute atomic E-state index is 0.0894. The first-order valence-electron chi connectivity index (χ1n) is 10.3. The number of carbonyl (C=O) groups is 2. The van der Waals surface area contributed by atoms with Crippen molar-refractivity contribution in [2.75, 3.05) is 31.2 Å². The molecule has 1 aromatic carbocycles. The number of ether oxygens (including phenoxy) is 1. The third-order valence-electron chi connectivity index (χ3n) is 5.50. The summed E-state index contributed by atoms with van der Waals surface area (Å²) < 4.78 is 7.37. The third-order valence-corrected chi connectivity index (χ3v) is 5.50. The molecule has 0 saturated carbocycles. The molecule has 2 aliphatic rings. The predicted molar refractivity (Wildman–Crippen MR) is 113 cm³/mol. The van der Waals surface area contributed by atoms with E-state index in [1.54, 1.807) is 17.0 Å². The van der Waals surface area contributed by atoms with Crippen LogP contribution in [0.25, 0.3) is 6.08 Å². The van der Waals surface area contributed by atoms with Gasteiger partial charge in [-0.2, -0.15) is 5.10 Å². The topological polar surface area (TPSA) is 96.7 Å². The Morgan fingerprint density at radius 3 is 2.83 bits per heavy atom. The van der Waals surface area contributed by atoms with Crippen molar-refractivity contribution in [3.8, 4) is 5.88 Å². The van der Waals surface area contributed by atoms with Gasteiger partial charge in [0.05, 0.1) is 12.8 Å². The molecule has 4 rings (SSSR count). The van der Waals surface area contributed by atoms with Gasteiger partial charge in [0.15, 0.2) is 5.78 Å². The highest BCUT2D eigenvalue weighted by Gasteiger charge is 2.26. The zero-order valence-electron chi connectivity index (χ0n) is 16.8. The lowest BCUT2D eigenvalue weighted by molar-refractivity contribution is -0.117. The minimum atomic E-state index is -0.491. The molecule has 0 aliphatic carbocycles. The van der Waals surface area contributed by atoms with Crippen LogP contribution >= 0.6 is 0 Å². The summed E-state index contributed by atoms with van der Waals surface area (Å²) in [6.45, 7) is 2.50. The van der Waals surface area contributed by atoms with Crippen LogP contribution in [0.15, 0.2) is 36.5 Å². The second kappa shape index (κ2) is 9.13. The number of aliphatic hydroxyl groups excluding tert-OH is 1. The van der Waals surface area contributed by atoms with Gasteiger partial charge >= 0.3 is 0 Å². The Kier molecular flexibility index (Phi) is 6.13. The largest absolute Gasteiger partial charge is 0.477 e. The monoisotopic (exact) mass is 410 g/mol. The number of carbonyl (C=O) groups excluding carboxylic acids is 2. The number of para-hydroxylation sites is 1. The minimum Gasteiger partial charge on any atom is -0.477 e. The third kappa shape index (κ3) is 4.38. The van der Waals surface area contributed by atoms with Crippen LogP contribution in [0.5, 0.6) is 5.88 Å². The van der Waals surface area contributed by atoms with Crippen LogP contribution in [-0.2, 0) is 11.3 Å². The van der Waals surface area contributed by atoms with Crippen LogP contribution in [-0.4, -0.2) is 58.9 Å². The van der Waals surface area contributed by atoms with E-state index in [9.17, 15) is 9.59 Å². The number of hydrogen-bond donors (Lipinski definition) is 2. The van der Waals surface area contributed by atoms with Crippen molar-refractivity contribution in [2.45, 2.75) is 31.8 Å². The standard InChI is InChI=1S/C22H26N4O4/c27-15-18(28)7-6-16-4-1-2-5-20(16)25-11-8-17(9-12-25)24-21(29)19-14-23-26-10-3-13-30-22(19)26/h1-2,4-7,14,17,27H,3,8-13,15H2,(H,24,29)/b7-6+. The summed E-state index contributed by atoms with van der Waals surface area (Å²) in [4.78, 5) is 26.4. The summed E-state index contributed by atoms with van der Waals surface area (Å²) in [6, 6.07) is 7.96. The van der Waals surface area contributed by atoms with E-state index in [4.69, 9.17) is 9.84 Å². The van der Waals surface area contributed by atoms with Gasteiger partial charge in [-0.3, -0.25) is 9.59 Å². The number of amides is 1. The van der Waals surface area contributed by atoms with E-state index in [1.807, 2.05) is 24.3 Å². The van der Waals surface area contributed by atoms with E-state index in [-0.39, 0.29) is 17.7 Å². The van der Waals surface area contributed by atoms with Gasteiger partial charge in [-0.15, -0.1) is 0 Å². The highest BCUT2D eigenvalue weighted by atomic mass is 16.5. The van der Waals surface area contributed by atoms with Crippen molar-refractivity contribution in [1.82, 2.24) is 15.1 Å². The van der Waals surface area contributed by atoms with Crippen molar-refractivity contribution in [1.29, 1.82) is 0 Å². The SMILES string of the molecule is O=C(/C=C/c1ccccc1N1CCC(NC(=O)c2cnn3c2OCCC3)CC1)CO. The molecule has 0 spiro atoms. The molecular formula is C22H26N4O4. The van der Waals surface area contributed by atoms with Gasteiger partial charge in [-0.05, 0) is 36.6 Å². The van der Waals surface area contributed by atoms with E-state index in [0.717, 1.165) is 50.1 Å². The smallest absolute Gasteiger partial charge is 0.258 e. The van der Waals surface area contributed by atoms with Crippen LogP contribution in [0, 0.1) is 0 Å². The number of benzene rings is 1. The van der Waals surface area contributed by atoms with Crippen molar-refractivity contribution >= 4 is 23.5 Å². The number of hydrogen-bond acceptors (Lipinski definition) is 6. The Morgan fingerprint density at radius 2 is 2.03 bits per heavy atom. The molecule has 1 aromatic heterocycles. The van der Waals surface area contributed by atoms with Gasteiger partial charge in [-0.25, -0.2) is 4.68 Å². The fourth-order valence-corrected chi connectivity index (χ4v) is 3.90. The molecule has 2 aromatic rings. The lowest BCUT2D eigenvalue weighted by atomic mass is 10.0. The second-order valence-electron chi connectivity index (χ2n) is 7.54. The number of nitrogens with zero attached hydrogens (tertiary/aromatic N) is 3. The van der Waals surface area contributed by atoms with Crippen LogP contribution in [0.3, 0.4) is 0 Å². The average Bonchev–Trinajstić information content (AvgIpc) is 3.22. The zero-order valence-corrected chi connectivity index (χ0v) is 16.8. The van der Waals surface area contributed by atoms with Gasteiger partial charge in [0.25, 0.3) is 5.91 Å². The number of piperidine rings is 1. The summed E-state index contributed by atoms with van der Waals surface area (Å²) in [5.41, 5.74) is 2.48. The number of aryl methyl sites for hydroxylation is 1. The first-order valence-corrected chi connectivity index (χ1v) is 10.3. The second-order valence-corrected chi connectivity index (χ2v) is 7.54. The first kappa shape index (κ1) is 20.2. The molecule has 0 unspecified atom stereocenters. The van der Waals surface area contributed by atoms with E-state index in [1.165, 1.54) is 6.08 Å². The van der Waals surface area contributed by atoms with Crippen LogP contribution in [0.2, 0.25) is 0 Å². The van der Waals surface area contributed by atoms with Crippen molar-refractivity contribution < 1.29 is 19.4 Å². The average molecular weight is 410 g/mol. The number of fused-ring (bicyclic) bond motifs is 1. The Labute approximate surface area is 175 Å². The normalized spacial score (nSPS) is 16.9. The van der Waals surface area contributed by atoms with E-state index >= 15 is 0 Å². The molecule has 1 amide bonds. The first-order chi connectivity index (χ1) is 14.7. The molecule has 30 heavy (non-hydrogen) atoms. The Hall–Kier alpha value is -3.13. The summed E-state index contributed by atoms with van der Waals surface area (Å²) in [5, 5.41) is 16.3. The number of aromatic nitrogens is 2. The van der Waals surface area contributed by atoms with Gasteiger partial charge in [0, 0.05) is 37.8 Å². The van der Waals surface area contributed by atoms with E-state index in [2.05, 4.69) is 15.3 Å². The highest BCUT2D eigenvalue weighted by Crippen LogP contribution is 2.26. The van der Waals surface area contributed by atoms with E-state index < -0.39 is 6.61 Å². The maximum Gasteiger partial charge on any atom is 0.258 e. The zero-order chi connectivity index (χ0) is 20.9. The van der Waals surface area contributed by atoms with Gasteiger partial charge in [0.2, 0.25) is 5.88 Å². The van der Waals surface area contributed by atoms with Crippen molar-refractivity contribution in [3.05, 3.63) is 47.7 Å². The molecule has 8 nitrogen and oxygen atoms in total. The molecule has 158 valence electrons. The summed E-state index contributed by atoms with van der Waals surface area (Å²) >= 11 is 0. The summed E-state index contributed by atoms with van der Waals surface area (Å²) in [5.74, 6) is 0.106. The van der Waals surface area contributed by atoms with Gasteiger partial charge in [0.1, 0.15) is 12.2 Å². The molecule has 1 fully saturated rings. The number of aliphatic hydroxyl groups is 1. The Morgan fingerprint density at radius 1 is 1.23 bits per heavy atom. The molecule has 1 saturated heterocycles. The molecule has 0 atom stereocenters. The summed E-state index contributed by atoms with van der Waals surface area (Å²) in [6.07, 6.45) is 7.28. The van der Waals surface area contributed by atoms with Crippen molar-refractivity contribution in [3.63, 3.8) is 0 Å². The number of ketones is 1. The van der Waals surface area contributed by atoms with Crippen LogP contribution in [0.4, 0.5) is 5.69 Å². The maximum absolute atomic E-state index is 12.7. The molecule has 8 heteroatoms. The quantitative estimate of drug-likeness (QED) is 0.703. The molecule has 3 heterocycles. The number of anilines is 1. The van der Waals surface area contributed by atoms with Gasteiger partial charge < -0.3 is 20.1 Å². The molecule has 0 radical (unpaired) electrons. The maximum atomic E-state index is 12.7. The fourth-order valence-electron chi connectivity index (χ4n) is 3.90. The number of rotatable bonds is 6. The van der Waals surface area contributed by atoms with Gasteiger partial charge in [-0.1, -0.05) is 18.2 Å². The lowest BCUT2D eigenvalue weighted by Gasteiger charge is -2.34. The van der Waals surface area contributed by atoms with E-state index in [0.29, 0.717) is 18.1 Å². The predicted octanol–water partition coefficient (Wildman–Crippen LogP) is 1.64. The fraction of sp³-hybridized carbons (Fsp3) is 0.409. The Balaban J connectivity index is 1.37. The molecule has 2 aliphatic heterocycles. The molecule has 2 N–H and O–H groups in total. The van der Waals surface area contributed by atoms with Crippen molar-refractivity contribution in [2.24, 2.45) is 0 Å². The molecule has 0 bridgehead atoms. The van der Waals surface area contributed by atoms with Crippen LogP contribution < -0.4 is 15.0 Å². The van der Waals surface area contributed by atoms with Crippen LogP contribution in [0.1, 0.15) is 35.2 Å². The lowest BCUT2D eigenvalue weighted by Crippen LogP contribution is -2.45. The highest BCUT2D eigenvalue weighted by molar-refractivity contribution is 5.96. The Bertz CT molecular complexity index is 944. The molecular weight excluding hydrogens is 384 g/mol. The summed E-state index contributed by atoms with van der Waals surface area (Å²) in [7, 11) is 0. The number of nitrogens with one attached hydrogen (secondary N) is 1.